The molecule has 2 nitrogen and oxygen atoms in total. The number of thioether (sulfide) groups is 2. The molecule has 0 saturated carbocycles. The highest BCUT2D eigenvalue weighted by Crippen LogP contribution is 2.26. The summed E-state index contributed by atoms with van der Waals surface area (Å²) in [6, 6.07) is 5.47. The third kappa shape index (κ3) is 4.94. The van der Waals surface area contributed by atoms with E-state index in [1.165, 1.54) is 24.3 Å². The van der Waals surface area contributed by atoms with Crippen LogP contribution in [0.15, 0.2) is 24.3 Å². The Morgan fingerprint density at radius 2 is 1.95 bits per heavy atom. The number of benzene rings is 1. The van der Waals surface area contributed by atoms with Crippen molar-refractivity contribution in [1.82, 2.24) is 0 Å². The number of Topliss-reactive ketones (excluding diaryl/α,β-unsaturated/α-hetero) is 1. The number of carbonyl (C=O) groups excluding carboxylic acids is 1. The van der Waals surface area contributed by atoms with Crippen molar-refractivity contribution in [3.8, 4) is 5.75 Å². The van der Waals surface area contributed by atoms with Crippen LogP contribution in [0.1, 0.15) is 5.56 Å². The molecule has 0 amide bonds. The first kappa shape index (κ1) is 15.6. The molecule has 1 fully saturated rings. The highest BCUT2D eigenvalue weighted by Gasteiger charge is 2.31. The third-order valence-electron chi connectivity index (χ3n) is 2.71. The molecule has 1 heterocycles. The number of hydrogen-bond acceptors (Lipinski definition) is 4. The molecule has 1 aromatic rings. The maximum Gasteiger partial charge on any atom is 0.573 e. The summed E-state index contributed by atoms with van der Waals surface area (Å²) >= 11 is 3.42. The standard InChI is InChI=1S/C13H13F3O2S2/c14-13(15,16)18-10-3-1-9(2-4-10)7-11(17)12-8-19-5-6-20-12/h1-4,12H,5-8H2. The molecule has 0 bridgehead atoms. The SMILES string of the molecule is O=C(Cc1ccc(OC(F)(F)F)cc1)C1CSCCS1. The summed E-state index contributed by atoms with van der Waals surface area (Å²) < 4.78 is 39.8. The normalized spacial score (nSPS) is 19.6. The van der Waals surface area contributed by atoms with Gasteiger partial charge in [-0.25, -0.2) is 0 Å². The summed E-state index contributed by atoms with van der Waals surface area (Å²) in [6.45, 7) is 0. The minimum absolute atomic E-state index is 0.000137. The van der Waals surface area contributed by atoms with Gasteiger partial charge in [-0.2, -0.15) is 11.8 Å². The highest BCUT2D eigenvalue weighted by molar-refractivity contribution is 8.07. The van der Waals surface area contributed by atoms with Gasteiger partial charge in [-0.05, 0) is 17.7 Å². The predicted molar refractivity (Wildman–Crippen MR) is 75.4 cm³/mol. The lowest BCUT2D eigenvalue weighted by molar-refractivity contribution is -0.274. The number of hydrogen-bond donors (Lipinski definition) is 0. The average molecular weight is 322 g/mol. The van der Waals surface area contributed by atoms with Gasteiger partial charge in [0.25, 0.3) is 0 Å². The molecular formula is C13H13F3O2S2. The molecule has 2 rings (SSSR count). The molecule has 0 radical (unpaired) electrons. The van der Waals surface area contributed by atoms with Crippen molar-refractivity contribution >= 4 is 29.3 Å². The van der Waals surface area contributed by atoms with E-state index in [0.717, 1.165) is 17.3 Å². The van der Waals surface area contributed by atoms with E-state index in [9.17, 15) is 18.0 Å². The van der Waals surface area contributed by atoms with Gasteiger partial charge in [-0.3, -0.25) is 4.79 Å². The Morgan fingerprint density at radius 1 is 1.25 bits per heavy atom. The summed E-state index contributed by atoms with van der Waals surface area (Å²) in [4.78, 5) is 12.0. The van der Waals surface area contributed by atoms with Crippen molar-refractivity contribution < 1.29 is 22.7 Å². The number of ether oxygens (including phenoxy) is 1. The van der Waals surface area contributed by atoms with E-state index < -0.39 is 6.36 Å². The van der Waals surface area contributed by atoms with Gasteiger partial charge in [0.05, 0.1) is 5.25 Å². The quantitative estimate of drug-likeness (QED) is 0.847. The number of carbonyl (C=O) groups is 1. The Labute approximate surface area is 123 Å². The second-order valence-corrected chi connectivity index (χ2v) is 6.73. The van der Waals surface area contributed by atoms with Crippen LogP contribution in [0.3, 0.4) is 0 Å². The molecule has 0 aliphatic carbocycles. The Balaban J connectivity index is 1.91. The van der Waals surface area contributed by atoms with Crippen molar-refractivity contribution in [3.05, 3.63) is 29.8 Å². The van der Waals surface area contributed by atoms with E-state index in [1.807, 2.05) is 0 Å². The van der Waals surface area contributed by atoms with Gasteiger partial charge in [0.1, 0.15) is 5.75 Å². The molecule has 0 aromatic heterocycles. The lowest BCUT2D eigenvalue weighted by Gasteiger charge is -2.19. The topological polar surface area (TPSA) is 26.3 Å². The number of rotatable bonds is 4. The number of halogens is 3. The van der Waals surface area contributed by atoms with Gasteiger partial charge < -0.3 is 4.74 Å². The summed E-state index contributed by atoms with van der Waals surface area (Å²) in [5, 5.41) is -0.000137. The second-order valence-electron chi connectivity index (χ2n) is 4.27. The molecule has 1 aliphatic heterocycles. The fourth-order valence-electron chi connectivity index (χ4n) is 1.80. The first-order valence-electron chi connectivity index (χ1n) is 6.01. The Morgan fingerprint density at radius 3 is 2.50 bits per heavy atom. The van der Waals surface area contributed by atoms with Crippen molar-refractivity contribution in [2.24, 2.45) is 0 Å². The third-order valence-corrected chi connectivity index (χ3v) is 5.51. The van der Waals surface area contributed by atoms with Crippen LogP contribution in [0.25, 0.3) is 0 Å². The first-order valence-corrected chi connectivity index (χ1v) is 8.21. The van der Waals surface area contributed by atoms with Crippen molar-refractivity contribution in [2.75, 3.05) is 17.3 Å². The fourth-order valence-corrected chi connectivity index (χ4v) is 4.45. The van der Waals surface area contributed by atoms with Gasteiger partial charge in [-0.1, -0.05) is 12.1 Å². The molecule has 0 N–H and O–H groups in total. The van der Waals surface area contributed by atoms with E-state index in [0.29, 0.717) is 5.56 Å². The summed E-state index contributed by atoms with van der Waals surface area (Å²) in [7, 11) is 0. The Kier molecular flexibility index (Phi) is 5.26. The zero-order chi connectivity index (χ0) is 14.6. The van der Waals surface area contributed by atoms with Gasteiger partial charge in [-0.15, -0.1) is 24.9 Å². The van der Waals surface area contributed by atoms with Crippen molar-refractivity contribution in [2.45, 2.75) is 18.0 Å². The number of alkyl halides is 3. The molecule has 1 saturated heterocycles. The molecule has 0 spiro atoms. The molecule has 1 aromatic carbocycles. The van der Waals surface area contributed by atoms with E-state index in [1.54, 1.807) is 23.5 Å². The minimum atomic E-state index is -4.69. The van der Waals surface area contributed by atoms with Crippen LogP contribution < -0.4 is 4.74 Å². The Bertz CT molecular complexity index is 454. The maximum absolute atomic E-state index is 12.0. The van der Waals surface area contributed by atoms with Crippen LogP contribution in [0.2, 0.25) is 0 Å². The molecule has 1 aliphatic rings. The zero-order valence-electron chi connectivity index (χ0n) is 10.5. The predicted octanol–water partition coefficient (Wildman–Crippen LogP) is 3.55. The summed E-state index contributed by atoms with van der Waals surface area (Å²) in [5.41, 5.74) is 0.709. The van der Waals surface area contributed by atoms with E-state index >= 15 is 0 Å². The summed E-state index contributed by atoms with van der Waals surface area (Å²) in [5.74, 6) is 2.72. The largest absolute Gasteiger partial charge is 0.573 e. The van der Waals surface area contributed by atoms with Gasteiger partial charge in [0.15, 0.2) is 5.78 Å². The van der Waals surface area contributed by atoms with Crippen LogP contribution in [0.5, 0.6) is 5.75 Å². The van der Waals surface area contributed by atoms with E-state index in [-0.39, 0.29) is 23.2 Å². The molecule has 110 valence electrons. The zero-order valence-corrected chi connectivity index (χ0v) is 12.1. The van der Waals surface area contributed by atoms with Crippen LogP contribution in [-0.2, 0) is 11.2 Å². The van der Waals surface area contributed by atoms with Crippen LogP contribution in [-0.4, -0.2) is 34.7 Å². The molecule has 1 atom stereocenters. The minimum Gasteiger partial charge on any atom is -0.406 e. The smallest absolute Gasteiger partial charge is 0.406 e. The van der Waals surface area contributed by atoms with Crippen molar-refractivity contribution in [1.29, 1.82) is 0 Å². The lowest BCUT2D eigenvalue weighted by Crippen LogP contribution is -2.25. The lowest BCUT2D eigenvalue weighted by atomic mass is 10.1. The number of ketones is 1. The monoisotopic (exact) mass is 322 g/mol. The van der Waals surface area contributed by atoms with E-state index in [2.05, 4.69) is 4.74 Å². The van der Waals surface area contributed by atoms with E-state index in [4.69, 9.17) is 0 Å². The van der Waals surface area contributed by atoms with Gasteiger partial charge in [0.2, 0.25) is 0 Å². The second kappa shape index (κ2) is 6.76. The van der Waals surface area contributed by atoms with Crippen LogP contribution in [0.4, 0.5) is 13.2 Å². The first-order chi connectivity index (χ1) is 9.44. The van der Waals surface area contributed by atoms with Crippen LogP contribution in [0, 0.1) is 0 Å². The summed E-state index contributed by atoms with van der Waals surface area (Å²) in [6.07, 6.45) is -4.43. The molecule has 1 unspecified atom stereocenters. The van der Waals surface area contributed by atoms with Crippen molar-refractivity contribution in [3.63, 3.8) is 0 Å². The molecular weight excluding hydrogens is 309 g/mol. The van der Waals surface area contributed by atoms with Gasteiger partial charge >= 0.3 is 6.36 Å². The molecule has 7 heteroatoms. The Hall–Kier alpha value is -0.820. The van der Waals surface area contributed by atoms with Gasteiger partial charge in [0, 0.05) is 23.7 Å². The molecule has 20 heavy (non-hydrogen) atoms. The van der Waals surface area contributed by atoms with Crippen LogP contribution >= 0.6 is 23.5 Å². The fraction of sp³-hybridized carbons (Fsp3) is 0.462. The maximum atomic E-state index is 12.0. The highest BCUT2D eigenvalue weighted by atomic mass is 32.2. The average Bonchev–Trinajstić information content (AvgIpc) is 2.40.